The van der Waals surface area contributed by atoms with Crippen LogP contribution in [0.4, 0.5) is 0 Å². The number of benzene rings is 2. The minimum Gasteiger partial charge on any atom is -0.465 e. The summed E-state index contributed by atoms with van der Waals surface area (Å²) >= 11 is 0. The van der Waals surface area contributed by atoms with E-state index in [0.29, 0.717) is 6.61 Å². The quantitative estimate of drug-likeness (QED) is 0.689. The van der Waals surface area contributed by atoms with Gasteiger partial charge in [0.05, 0.1) is 6.61 Å². The third-order valence-corrected chi connectivity index (χ3v) is 3.84. The van der Waals surface area contributed by atoms with Crippen molar-refractivity contribution in [1.29, 1.82) is 0 Å². The van der Waals surface area contributed by atoms with Crippen molar-refractivity contribution in [2.45, 2.75) is 39.4 Å². The third kappa shape index (κ3) is 5.22. The van der Waals surface area contributed by atoms with Crippen molar-refractivity contribution >= 4 is 5.97 Å². The molecule has 0 spiro atoms. The smallest absolute Gasteiger partial charge is 0.323 e. The molecular weight excluding hydrogens is 286 g/mol. The highest BCUT2D eigenvalue weighted by Gasteiger charge is 2.25. The first-order valence-corrected chi connectivity index (χ1v) is 8.23. The summed E-state index contributed by atoms with van der Waals surface area (Å²) in [5, 5.41) is 0. The van der Waals surface area contributed by atoms with Crippen LogP contribution in [0.15, 0.2) is 60.7 Å². The number of carbonyl (C=O) groups is 1. The fourth-order valence-corrected chi connectivity index (χ4v) is 2.72. The van der Waals surface area contributed by atoms with E-state index in [-0.39, 0.29) is 12.0 Å². The summed E-state index contributed by atoms with van der Waals surface area (Å²) in [6.45, 7) is 5.76. The van der Waals surface area contributed by atoms with E-state index in [2.05, 4.69) is 29.2 Å². The van der Waals surface area contributed by atoms with E-state index in [1.807, 2.05) is 50.2 Å². The summed E-state index contributed by atoms with van der Waals surface area (Å²) in [5.41, 5.74) is 2.40. The van der Waals surface area contributed by atoms with Gasteiger partial charge in [-0.1, -0.05) is 67.6 Å². The Hall–Kier alpha value is -2.13. The van der Waals surface area contributed by atoms with Gasteiger partial charge in [-0.05, 0) is 24.5 Å². The molecule has 0 fully saturated rings. The Morgan fingerprint density at radius 2 is 1.39 bits per heavy atom. The van der Waals surface area contributed by atoms with Gasteiger partial charge in [0.2, 0.25) is 0 Å². The first-order valence-electron chi connectivity index (χ1n) is 8.23. The summed E-state index contributed by atoms with van der Waals surface area (Å²) in [6, 6.07) is 20.3. The summed E-state index contributed by atoms with van der Waals surface area (Å²) in [4.78, 5) is 14.5. The molecule has 2 aromatic carbocycles. The Morgan fingerprint density at radius 1 is 0.913 bits per heavy atom. The number of esters is 1. The van der Waals surface area contributed by atoms with Gasteiger partial charge < -0.3 is 4.74 Å². The molecule has 0 saturated heterocycles. The predicted molar refractivity (Wildman–Crippen MR) is 92.8 cm³/mol. The molecule has 2 rings (SSSR count). The van der Waals surface area contributed by atoms with Gasteiger partial charge in [-0.25, -0.2) is 0 Å². The van der Waals surface area contributed by atoms with Crippen molar-refractivity contribution in [1.82, 2.24) is 4.90 Å². The van der Waals surface area contributed by atoms with Crippen LogP contribution in [-0.2, 0) is 22.6 Å². The standard InChI is InChI=1S/C20H25NO2/c1-3-19(20(22)23-4-2)21(15-17-11-7-5-8-12-17)16-18-13-9-6-10-14-18/h5-14,19H,3-4,15-16H2,1-2H3. The van der Waals surface area contributed by atoms with Gasteiger partial charge in [0.15, 0.2) is 0 Å². The molecule has 0 aliphatic heterocycles. The summed E-state index contributed by atoms with van der Waals surface area (Å²) in [5.74, 6) is -0.137. The zero-order valence-corrected chi connectivity index (χ0v) is 13.9. The number of hydrogen-bond donors (Lipinski definition) is 0. The molecule has 2 aromatic rings. The zero-order valence-electron chi connectivity index (χ0n) is 13.9. The second-order valence-corrected chi connectivity index (χ2v) is 5.55. The van der Waals surface area contributed by atoms with Gasteiger partial charge in [0, 0.05) is 13.1 Å². The lowest BCUT2D eigenvalue weighted by atomic mass is 10.1. The Morgan fingerprint density at radius 3 is 1.78 bits per heavy atom. The van der Waals surface area contributed by atoms with Crippen molar-refractivity contribution in [3.05, 3.63) is 71.8 Å². The number of rotatable bonds is 8. The topological polar surface area (TPSA) is 29.5 Å². The van der Waals surface area contributed by atoms with Crippen LogP contribution in [0, 0.1) is 0 Å². The largest absolute Gasteiger partial charge is 0.465 e. The minimum atomic E-state index is -0.227. The molecule has 0 N–H and O–H groups in total. The average molecular weight is 311 g/mol. The van der Waals surface area contributed by atoms with Gasteiger partial charge in [-0.3, -0.25) is 9.69 Å². The van der Waals surface area contributed by atoms with Crippen LogP contribution in [0.5, 0.6) is 0 Å². The summed E-state index contributed by atoms with van der Waals surface area (Å²) < 4.78 is 5.27. The lowest BCUT2D eigenvalue weighted by Gasteiger charge is -2.29. The number of ether oxygens (including phenoxy) is 1. The van der Waals surface area contributed by atoms with Crippen LogP contribution >= 0.6 is 0 Å². The third-order valence-electron chi connectivity index (χ3n) is 3.84. The van der Waals surface area contributed by atoms with E-state index >= 15 is 0 Å². The van der Waals surface area contributed by atoms with Crippen LogP contribution in [0.25, 0.3) is 0 Å². The summed E-state index contributed by atoms with van der Waals surface area (Å²) in [7, 11) is 0. The molecule has 3 nitrogen and oxygen atoms in total. The second kappa shape index (κ2) is 9.11. The van der Waals surface area contributed by atoms with Gasteiger partial charge in [0.1, 0.15) is 6.04 Å². The molecule has 0 amide bonds. The van der Waals surface area contributed by atoms with E-state index < -0.39 is 0 Å². The average Bonchev–Trinajstić information content (AvgIpc) is 2.57. The predicted octanol–water partition coefficient (Wildman–Crippen LogP) is 4.03. The Bertz CT molecular complexity index is 542. The van der Waals surface area contributed by atoms with Crippen molar-refractivity contribution in [2.24, 2.45) is 0 Å². The summed E-state index contributed by atoms with van der Waals surface area (Å²) in [6.07, 6.45) is 0.735. The fraction of sp³-hybridized carbons (Fsp3) is 0.350. The first-order chi connectivity index (χ1) is 11.2. The van der Waals surface area contributed by atoms with Crippen molar-refractivity contribution in [3.63, 3.8) is 0 Å². The van der Waals surface area contributed by atoms with E-state index in [4.69, 9.17) is 4.74 Å². The van der Waals surface area contributed by atoms with Gasteiger partial charge in [-0.15, -0.1) is 0 Å². The maximum Gasteiger partial charge on any atom is 0.323 e. The van der Waals surface area contributed by atoms with Gasteiger partial charge in [0.25, 0.3) is 0 Å². The normalized spacial score (nSPS) is 12.1. The van der Waals surface area contributed by atoms with E-state index in [1.165, 1.54) is 11.1 Å². The SMILES string of the molecule is CCOC(=O)C(CC)N(Cc1ccccc1)Cc1ccccc1. The molecule has 3 heteroatoms. The molecule has 122 valence electrons. The molecule has 1 unspecified atom stereocenters. The van der Waals surface area contributed by atoms with Crippen LogP contribution < -0.4 is 0 Å². The maximum absolute atomic E-state index is 12.3. The molecule has 0 bridgehead atoms. The monoisotopic (exact) mass is 311 g/mol. The zero-order chi connectivity index (χ0) is 16.5. The highest BCUT2D eigenvalue weighted by atomic mass is 16.5. The minimum absolute atomic E-state index is 0.137. The molecule has 1 atom stereocenters. The van der Waals surface area contributed by atoms with E-state index in [1.54, 1.807) is 0 Å². The lowest BCUT2D eigenvalue weighted by molar-refractivity contribution is -0.150. The van der Waals surface area contributed by atoms with Gasteiger partial charge in [-0.2, -0.15) is 0 Å². The molecular formula is C20H25NO2. The highest BCUT2D eigenvalue weighted by Crippen LogP contribution is 2.16. The highest BCUT2D eigenvalue weighted by molar-refractivity contribution is 5.75. The number of hydrogen-bond acceptors (Lipinski definition) is 3. The van der Waals surface area contributed by atoms with Crippen molar-refractivity contribution in [2.75, 3.05) is 6.61 Å². The fourth-order valence-electron chi connectivity index (χ4n) is 2.72. The number of carbonyl (C=O) groups excluding carboxylic acids is 1. The first kappa shape index (κ1) is 17.2. The molecule has 0 radical (unpaired) electrons. The van der Waals surface area contributed by atoms with Crippen molar-refractivity contribution in [3.8, 4) is 0 Å². The van der Waals surface area contributed by atoms with E-state index in [9.17, 15) is 4.79 Å². The maximum atomic E-state index is 12.3. The molecule has 0 aliphatic carbocycles. The Kier molecular flexibility index (Phi) is 6.82. The lowest BCUT2D eigenvalue weighted by Crippen LogP contribution is -2.41. The van der Waals surface area contributed by atoms with Crippen molar-refractivity contribution < 1.29 is 9.53 Å². The molecule has 0 heterocycles. The van der Waals surface area contributed by atoms with Crippen LogP contribution in [0.2, 0.25) is 0 Å². The molecule has 0 aromatic heterocycles. The molecule has 0 saturated carbocycles. The van der Waals surface area contributed by atoms with Gasteiger partial charge >= 0.3 is 5.97 Å². The number of nitrogens with zero attached hydrogens (tertiary/aromatic N) is 1. The van der Waals surface area contributed by atoms with Crippen LogP contribution in [-0.4, -0.2) is 23.5 Å². The Labute approximate surface area is 138 Å². The molecule has 0 aliphatic rings. The molecule has 23 heavy (non-hydrogen) atoms. The van der Waals surface area contributed by atoms with Crippen LogP contribution in [0.1, 0.15) is 31.4 Å². The van der Waals surface area contributed by atoms with Crippen LogP contribution in [0.3, 0.4) is 0 Å². The Balaban J connectivity index is 2.20. The second-order valence-electron chi connectivity index (χ2n) is 5.55. The van der Waals surface area contributed by atoms with E-state index in [0.717, 1.165) is 19.5 Å².